The van der Waals surface area contributed by atoms with E-state index in [-0.39, 0.29) is 23.0 Å². The Bertz CT molecular complexity index is 975. The lowest BCUT2D eigenvalue weighted by Gasteiger charge is -2.60. The average Bonchev–Trinajstić information content (AvgIpc) is 2.94. The first-order valence-corrected chi connectivity index (χ1v) is 16.2. The second kappa shape index (κ2) is 8.71. The number of hydrogen-bond acceptors (Lipinski definition) is 3. The van der Waals surface area contributed by atoms with Crippen molar-refractivity contribution in [3.05, 3.63) is 23.8 Å². The Hall–Kier alpha value is -1.15. The first-order chi connectivity index (χ1) is 16.1. The lowest BCUT2D eigenvalue weighted by Crippen LogP contribution is -2.59. The van der Waals surface area contributed by atoms with E-state index in [4.69, 9.17) is 0 Å². The Balaban J connectivity index is 1.77. The highest BCUT2D eigenvalue weighted by molar-refractivity contribution is 6.90. The summed E-state index contributed by atoms with van der Waals surface area (Å²) in [4.78, 5) is 12.2. The van der Waals surface area contributed by atoms with Crippen LogP contribution in [0.1, 0.15) is 93.9 Å². The molecule has 194 valence electrons. The van der Waals surface area contributed by atoms with Crippen LogP contribution >= 0.6 is 0 Å². The Kier molecular flexibility index (Phi) is 6.69. The van der Waals surface area contributed by atoms with Crippen molar-refractivity contribution in [2.75, 3.05) is 0 Å². The summed E-state index contributed by atoms with van der Waals surface area (Å²) in [6.45, 7) is 22.7. The molecule has 2 N–H and O–H groups in total. The van der Waals surface area contributed by atoms with E-state index in [9.17, 15) is 15.0 Å². The van der Waals surface area contributed by atoms with Gasteiger partial charge in [-0.15, -0.1) is 5.54 Å². The van der Waals surface area contributed by atoms with Crippen LogP contribution in [0.5, 0.6) is 0 Å². The molecule has 0 amide bonds. The van der Waals surface area contributed by atoms with E-state index >= 15 is 0 Å². The van der Waals surface area contributed by atoms with Gasteiger partial charge < -0.3 is 10.2 Å². The van der Waals surface area contributed by atoms with Gasteiger partial charge in [-0.05, 0) is 83.5 Å². The lowest BCUT2D eigenvalue weighted by atomic mass is 9.45. The second-order valence-electron chi connectivity index (χ2n) is 13.7. The van der Waals surface area contributed by atoms with Gasteiger partial charge in [0, 0.05) is 11.8 Å². The molecular formula is C31H48O3Si. The minimum absolute atomic E-state index is 0.125. The number of hydrogen-bond donors (Lipinski definition) is 2. The van der Waals surface area contributed by atoms with Crippen molar-refractivity contribution in [3.8, 4) is 11.5 Å². The highest BCUT2D eigenvalue weighted by atomic mass is 28.3. The summed E-state index contributed by atoms with van der Waals surface area (Å²) in [5.41, 5.74) is 5.47. The molecule has 35 heavy (non-hydrogen) atoms. The molecule has 0 aliphatic heterocycles. The van der Waals surface area contributed by atoms with E-state index in [0.29, 0.717) is 35.4 Å². The van der Waals surface area contributed by atoms with Gasteiger partial charge in [-0.1, -0.05) is 73.5 Å². The SMILES string of the molecule is C=C1CC2C3CCC4=CC(=O)CC[C@]4(C)C3[C@@H](O)C[C@]2(C)[C@]1(O)C#C[Si](C(C)C)(C(C)C)C(C)C. The first kappa shape index (κ1) is 26.9. The topological polar surface area (TPSA) is 57.5 Å². The zero-order chi connectivity index (χ0) is 26.1. The summed E-state index contributed by atoms with van der Waals surface area (Å²) in [5, 5.41) is 24.0. The standard InChI is InChI=1S/C31H48O3Si/c1-19(2)35(20(3)4,21(5)6)15-14-31(34)22(7)16-26-25-11-10-23-17-24(32)12-13-29(23,8)28(25)27(33)18-30(26,31)9/h17,19-21,25-28,33-34H,7,10-13,16,18H2,1-6,8-9H3/t25?,26?,27-,28?,29-,30-,31-/m0/s1. The number of allylic oxidation sites excluding steroid dienone is 1. The molecule has 4 heteroatoms. The smallest absolute Gasteiger partial charge is 0.155 e. The van der Waals surface area contributed by atoms with Crippen molar-refractivity contribution < 1.29 is 15.0 Å². The fourth-order valence-electron chi connectivity index (χ4n) is 9.51. The van der Waals surface area contributed by atoms with E-state index in [2.05, 4.69) is 73.4 Å². The molecule has 3 saturated carbocycles. The van der Waals surface area contributed by atoms with E-state index in [1.807, 2.05) is 6.08 Å². The van der Waals surface area contributed by atoms with Crippen LogP contribution in [0, 0.1) is 40.0 Å². The predicted octanol–water partition coefficient (Wildman–Crippen LogP) is 6.61. The quantitative estimate of drug-likeness (QED) is 0.263. The number of rotatable bonds is 3. The van der Waals surface area contributed by atoms with Gasteiger partial charge in [0.15, 0.2) is 11.4 Å². The maximum atomic E-state index is 12.3. The molecular weight excluding hydrogens is 448 g/mol. The molecule has 0 bridgehead atoms. The molecule has 0 spiro atoms. The van der Waals surface area contributed by atoms with Crippen LogP contribution in [0.25, 0.3) is 0 Å². The van der Waals surface area contributed by atoms with E-state index in [1.54, 1.807) is 0 Å². The zero-order valence-electron chi connectivity index (χ0n) is 23.4. The van der Waals surface area contributed by atoms with Crippen LogP contribution in [0.4, 0.5) is 0 Å². The molecule has 3 nitrogen and oxygen atoms in total. The maximum absolute atomic E-state index is 12.3. The summed E-state index contributed by atoms with van der Waals surface area (Å²) in [6.07, 6.45) is 5.98. The normalized spacial score (nSPS) is 41.3. The van der Waals surface area contributed by atoms with Gasteiger partial charge in [-0.25, -0.2) is 0 Å². The van der Waals surface area contributed by atoms with Crippen molar-refractivity contribution in [1.82, 2.24) is 0 Å². The Morgan fingerprint density at radius 2 is 1.69 bits per heavy atom. The van der Waals surface area contributed by atoms with Gasteiger partial charge in [0.05, 0.1) is 6.10 Å². The third-order valence-electron chi connectivity index (χ3n) is 11.4. The number of aliphatic hydroxyl groups is 2. The third-order valence-corrected chi connectivity index (χ3v) is 17.7. The van der Waals surface area contributed by atoms with Crippen LogP contribution in [-0.4, -0.2) is 35.8 Å². The molecule has 4 aliphatic carbocycles. The van der Waals surface area contributed by atoms with Crippen molar-refractivity contribution >= 4 is 13.9 Å². The molecule has 7 atom stereocenters. The van der Waals surface area contributed by atoms with Crippen molar-refractivity contribution in [2.24, 2.45) is 28.6 Å². The van der Waals surface area contributed by atoms with Crippen molar-refractivity contribution in [1.29, 1.82) is 0 Å². The molecule has 3 unspecified atom stereocenters. The number of fused-ring (bicyclic) bond motifs is 5. The lowest BCUT2D eigenvalue weighted by molar-refractivity contribution is -0.153. The van der Waals surface area contributed by atoms with E-state index < -0.39 is 25.2 Å². The van der Waals surface area contributed by atoms with Gasteiger partial charge in [0.1, 0.15) is 8.07 Å². The summed E-state index contributed by atoms with van der Waals surface area (Å²) in [7, 11) is -2.02. The van der Waals surface area contributed by atoms with Crippen LogP contribution < -0.4 is 0 Å². The molecule has 4 aliphatic rings. The van der Waals surface area contributed by atoms with Crippen LogP contribution in [0.3, 0.4) is 0 Å². The number of carbonyl (C=O) groups is 1. The predicted molar refractivity (Wildman–Crippen MR) is 146 cm³/mol. The van der Waals surface area contributed by atoms with Gasteiger partial charge in [0.25, 0.3) is 0 Å². The Labute approximate surface area is 214 Å². The second-order valence-corrected chi connectivity index (χ2v) is 19.3. The van der Waals surface area contributed by atoms with Crippen LogP contribution in [0.2, 0.25) is 16.6 Å². The van der Waals surface area contributed by atoms with E-state index in [0.717, 1.165) is 31.3 Å². The molecule has 0 aromatic carbocycles. The van der Waals surface area contributed by atoms with Crippen molar-refractivity contribution in [3.63, 3.8) is 0 Å². The minimum Gasteiger partial charge on any atom is -0.393 e. The monoisotopic (exact) mass is 496 g/mol. The zero-order valence-corrected chi connectivity index (χ0v) is 24.4. The van der Waals surface area contributed by atoms with Crippen molar-refractivity contribution in [2.45, 2.75) is 122 Å². The summed E-state index contributed by atoms with van der Waals surface area (Å²) >= 11 is 0. The van der Waals surface area contributed by atoms with Gasteiger partial charge in [-0.3, -0.25) is 4.79 Å². The summed E-state index contributed by atoms with van der Waals surface area (Å²) in [6, 6.07) is 0. The van der Waals surface area contributed by atoms with Gasteiger partial charge >= 0.3 is 0 Å². The molecule has 0 saturated heterocycles. The minimum atomic E-state index is -2.02. The molecule has 3 fully saturated rings. The Morgan fingerprint density at radius 3 is 2.26 bits per heavy atom. The van der Waals surface area contributed by atoms with Crippen LogP contribution in [0.15, 0.2) is 23.8 Å². The third kappa shape index (κ3) is 3.63. The van der Waals surface area contributed by atoms with Crippen LogP contribution in [-0.2, 0) is 4.79 Å². The number of aliphatic hydroxyl groups excluding tert-OH is 1. The molecule has 0 aromatic rings. The largest absolute Gasteiger partial charge is 0.393 e. The fraction of sp³-hybridized carbons (Fsp3) is 0.774. The average molecular weight is 497 g/mol. The van der Waals surface area contributed by atoms with Gasteiger partial charge in [0.2, 0.25) is 0 Å². The number of carbonyl (C=O) groups excluding carboxylic acids is 1. The van der Waals surface area contributed by atoms with E-state index in [1.165, 1.54) is 5.57 Å². The summed E-state index contributed by atoms with van der Waals surface area (Å²) < 4.78 is 0. The van der Waals surface area contributed by atoms with Gasteiger partial charge in [-0.2, -0.15) is 0 Å². The highest BCUT2D eigenvalue weighted by Crippen LogP contribution is 2.68. The first-order valence-electron chi connectivity index (χ1n) is 14.0. The fourth-order valence-corrected chi connectivity index (χ4v) is 14.8. The highest BCUT2D eigenvalue weighted by Gasteiger charge is 2.67. The molecule has 4 rings (SSSR count). The number of ketones is 1. The summed E-state index contributed by atoms with van der Waals surface area (Å²) in [5.74, 6) is 4.46. The Morgan fingerprint density at radius 1 is 1.09 bits per heavy atom. The molecule has 0 radical (unpaired) electrons. The molecule has 0 heterocycles. The molecule has 0 aromatic heterocycles. The maximum Gasteiger partial charge on any atom is 0.155 e.